The fourth-order valence-corrected chi connectivity index (χ4v) is 2.22. The highest BCUT2D eigenvalue weighted by molar-refractivity contribution is 9.10. The molecule has 1 amide bonds. The van der Waals surface area contributed by atoms with E-state index in [-0.39, 0.29) is 12.5 Å². The highest BCUT2D eigenvalue weighted by Crippen LogP contribution is 2.13. The first-order valence-electron chi connectivity index (χ1n) is 6.97. The van der Waals surface area contributed by atoms with Crippen molar-refractivity contribution in [3.05, 3.63) is 64.1 Å². The molecular formula is C17H17BrN2O2. The fraction of sp³-hybridized carbons (Fsp3) is 0.176. The van der Waals surface area contributed by atoms with Crippen molar-refractivity contribution >= 4 is 33.7 Å². The Hall–Kier alpha value is -2.14. The quantitative estimate of drug-likeness (QED) is 0.625. The molecule has 0 radical (unpaired) electrons. The normalized spacial score (nSPS) is 10.6. The van der Waals surface area contributed by atoms with Gasteiger partial charge in [-0.05, 0) is 30.2 Å². The largest absolute Gasteiger partial charge is 0.386 e. The Balaban J connectivity index is 1.81. The second kappa shape index (κ2) is 8.34. The van der Waals surface area contributed by atoms with E-state index in [1.54, 1.807) is 6.21 Å². The SMILES string of the molecule is CCc1cccc(NC(=O)CO/N=C\c2ccccc2Br)c1. The van der Waals surface area contributed by atoms with E-state index >= 15 is 0 Å². The van der Waals surface area contributed by atoms with E-state index in [1.165, 1.54) is 5.56 Å². The van der Waals surface area contributed by atoms with Crippen LogP contribution in [-0.4, -0.2) is 18.7 Å². The van der Waals surface area contributed by atoms with Gasteiger partial charge in [0.05, 0.1) is 6.21 Å². The smallest absolute Gasteiger partial charge is 0.265 e. The maximum Gasteiger partial charge on any atom is 0.265 e. The van der Waals surface area contributed by atoms with Gasteiger partial charge in [0, 0.05) is 15.7 Å². The Morgan fingerprint density at radius 3 is 2.86 bits per heavy atom. The summed E-state index contributed by atoms with van der Waals surface area (Å²) in [5.74, 6) is -0.238. The summed E-state index contributed by atoms with van der Waals surface area (Å²) in [6.45, 7) is 1.94. The number of halogens is 1. The Kier molecular flexibility index (Phi) is 6.15. The Labute approximate surface area is 138 Å². The van der Waals surface area contributed by atoms with Crippen LogP contribution in [0.5, 0.6) is 0 Å². The van der Waals surface area contributed by atoms with E-state index < -0.39 is 0 Å². The van der Waals surface area contributed by atoms with Gasteiger partial charge in [-0.2, -0.15) is 0 Å². The zero-order chi connectivity index (χ0) is 15.8. The summed E-state index contributed by atoms with van der Waals surface area (Å²) in [7, 11) is 0. The Bertz CT molecular complexity index is 671. The number of anilines is 1. The van der Waals surface area contributed by atoms with Crippen molar-refractivity contribution < 1.29 is 9.63 Å². The number of nitrogens with one attached hydrogen (secondary N) is 1. The molecule has 0 aliphatic rings. The molecule has 0 bridgehead atoms. The monoisotopic (exact) mass is 360 g/mol. The number of amides is 1. The number of aryl methyl sites for hydroxylation is 1. The summed E-state index contributed by atoms with van der Waals surface area (Å²) in [5, 5.41) is 6.58. The number of carbonyl (C=O) groups is 1. The molecule has 0 fully saturated rings. The number of hydrogen-bond acceptors (Lipinski definition) is 3. The number of hydrogen-bond donors (Lipinski definition) is 1. The number of nitrogens with zero attached hydrogens (tertiary/aromatic N) is 1. The minimum atomic E-state index is -0.238. The molecule has 0 saturated heterocycles. The number of carbonyl (C=O) groups excluding carboxylic acids is 1. The van der Waals surface area contributed by atoms with Gasteiger partial charge in [0.25, 0.3) is 5.91 Å². The van der Waals surface area contributed by atoms with Crippen molar-refractivity contribution in [1.82, 2.24) is 0 Å². The lowest BCUT2D eigenvalue weighted by Gasteiger charge is -2.05. The van der Waals surface area contributed by atoms with Gasteiger partial charge in [0.1, 0.15) is 0 Å². The van der Waals surface area contributed by atoms with Crippen LogP contribution in [0.15, 0.2) is 58.2 Å². The summed E-state index contributed by atoms with van der Waals surface area (Å²) in [6.07, 6.45) is 2.49. The van der Waals surface area contributed by atoms with E-state index in [9.17, 15) is 4.79 Å². The predicted molar refractivity (Wildman–Crippen MR) is 92.1 cm³/mol. The molecule has 0 unspecified atom stereocenters. The highest BCUT2D eigenvalue weighted by atomic mass is 79.9. The molecule has 0 atom stereocenters. The molecule has 4 nitrogen and oxygen atoms in total. The zero-order valence-electron chi connectivity index (χ0n) is 12.3. The van der Waals surface area contributed by atoms with Crippen molar-refractivity contribution in [2.75, 3.05) is 11.9 Å². The van der Waals surface area contributed by atoms with E-state index in [2.05, 4.69) is 33.3 Å². The van der Waals surface area contributed by atoms with Crippen LogP contribution in [-0.2, 0) is 16.1 Å². The van der Waals surface area contributed by atoms with Gasteiger partial charge >= 0.3 is 0 Å². The maximum atomic E-state index is 11.8. The van der Waals surface area contributed by atoms with Crippen LogP contribution in [0.3, 0.4) is 0 Å². The van der Waals surface area contributed by atoms with E-state index in [0.29, 0.717) is 0 Å². The lowest BCUT2D eigenvalue weighted by Crippen LogP contribution is -2.17. The molecule has 0 aromatic heterocycles. The van der Waals surface area contributed by atoms with Crippen LogP contribution in [0.25, 0.3) is 0 Å². The molecule has 2 aromatic rings. The number of benzene rings is 2. The Morgan fingerprint density at radius 1 is 1.27 bits per heavy atom. The number of oxime groups is 1. The topological polar surface area (TPSA) is 50.7 Å². The molecule has 2 aromatic carbocycles. The van der Waals surface area contributed by atoms with Crippen LogP contribution in [0.1, 0.15) is 18.1 Å². The second-order valence-corrected chi connectivity index (χ2v) is 5.49. The molecule has 0 heterocycles. The van der Waals surface area contributed by atoms with Gasteiger partial charge in [-0.15, -0.1) is 0 Å². The third-order valence-electron chi connectivity index (χ3n) is 2.99. The van der Waals surface area contributed by atoms with Crippen molar-refractivity contribution in [2.24, 2.45) is 5.16 Å². The van der Waals surface area contributed by atoms with E-state index in [1.807, 2.05) is 48.5 Å². The fourth-order valence-electron chi connectivity index (χ4n) is 1.84. The molecule has 0 aliphatic carbocycles. The molecule has 1 N–H and O–H groups in total. The summed E-state index contributed by atoms with van der Waals surface area (Å²) in [6, 6.07) is 15.4. The lowest BCUT2D eigenvalue weighted by molar-refractivity contribution is -0.120. The summed E-state index contributed by atoms with van der Waals surface area (Å²) in [4.78, 5) is 16.8. The van der Waals surface area contributed by atoms with Gasteiger partial charge in [0.15, 0.2) is 6.61 Å². The van der Waals surface area contributed by atoms with Crippen molar-refractivity contribution in [2.45, 2.75) is 13.3 Å². The van der Waals surface area contributed by atoms with Crippen LogP contribution in [0, 0.1) is 0 Å². The minimum Gasteiger partial charge on any atom is -0.386 e. The first kappa shape index (κ1) is 16.2. The molecule has 114 valence electrons. The summed E-state index contributed by atoms with van der Waals surface area (Å²) < 4.78 is 0.920. The van der Waals surface area contributed by atoms with Crippen LogP contribution < -0.4 is 5.32 Å². The van der Waals surface area contributed by atoms with Gasteiger partial charge in [-0.25, -0.2) is 0 Å². The Morgan fingerprint density at radius 2 is 2.09 bits per heavy atom. The molecule has 5 heteroatoms. The second-order valence-electron chi connectivity index (χ2n) is 4.63. The van der Waals surface area contributed by atoms with E-state index in [0.717, 1.165) is 22.1 Å². The van der Waals surface area contributed by atoms with Gasteiger partial charge in [-0.1, -0.05) is 58.3 Å². The van der Waals surface area contributed by atoms with Gasteiger partial charge < -0.3 is 10.2 Å². The van der Waals surface area contributed by atoms with Crippen molar-refractivity contribution in [3.8, 4) is 0 Å². The van der Waals surface area contributed by atoms with Gasteiger partial charge in [0.2, 0.25) is 0 Å². The first-order chi connectivity index (χ1) is 10.7. The molecular weight excluding hydrogens is 344 g/mol. The van der Waals surface area contributed by atoms with Gasteiger partial charge in [-0.3, -0.25) is 4.79 Å². The van der Waals surface area contributed by atoms with Crippen LogP contribution >= 0.6 is 15.9 Å². The molecule has 0 saturated carbocycles. The minimum absolute atomic E-state index is 0.128. The van der Waals surface area contributed by atoms with E-state index in [4.69, 9.17) is 4.84 Å². The highest BCUT2D eigenvalue weighted by Gasteiger charge is 2.03. The average Bonchev–Trinajstić information content (AvgIpc) is 2.53. The average molecular weight is 361 g/mol. The van der Waals surface area contributed by atoms with Crippen LogP contribution in [0.2, 0.25) is 0 Å². The summed E-state index contributed by atoms with van der Waals surface area (Å²) in [5.41, 5.74) is 2.83. The number of rotatable bonds is 6. The molecule has 2 rings (SSSR count). The zero-order valence-corrected chi connectivity index (χ0v) is 13.8. The van der Waals surface area contributed by atoms with Crippen LogP contribution in [0.4, 0.5) is 5.69 Å². The molecule has 0 aliphatic heterocycles. The standard InChI is InChI=1S/C17H17BrN2O2/c1-2-13-6-5-8-15(10-13)20-17(21)12-22-19-11-14-7-3-4-9-16(14)18/h3-11H,2,12H2,1H3,(H,20,21)/b19-11-. The summed E-state index contributed by atoms with van der Waals surface area (Å²) >= 11 is 3.41. The third-order valence-corrected chi connectivity index (χ3v) is 3.71. The third kappa shape index (κ3) is 5.00. The van der Waals surface area contributed by atoms with Crippen molar-refractivity contribution in [1.29, 1.82) is 0 Å². The first-order valence-corrected chi connectivity index (χ1v) is 7.77. The maximum absolute atomic E-state index is 11.8. The molecule has 0 spiro atoms. The lowest BCUT2D eigenvalue weighted by atomic mass is 10.1. The predicted octanol–water partition coefficient (Wildman–Crippen LogP) is 4.00. The van der Waals surface area contributed by atoms with Crippen molar-refractivity contribution in [3.63, 3.8) is 0 Å². The molecule has 22 heavy (non-hydrogen) atoms.